The Morgan fingerprint density at radius 2 is 2.11 bits per heavy atom. The maximum Gasteiger partial charge on any atom is 0.222 e. The molecule has 0 saturated heterocycles. The van der Waals surface area contributed by atoms with E-state index in [1.165, 1.54) is 12.5 Å². The van der Waals surface area contributed by atoms with Crippen LogP contribution in [0.2, 0.25) is 0 Å². The van der Waals surface area contributed by atoms with Gasteiger partial charge in [-0.2, -0.15) is 0 Å². The van der Waals surface area contributed by atoms with Gasteiger partial charge < -0.3 is 10.1 Å². The molecule has 2 aromatic rings. The summed E-state index contributed by atoms with van der Waals surface area (Å²) >= 11 is 0. The van der Waals surface area contributed by atoms with Crippen LogP contribution in [0.1, 0.15) is 12.5 Å². The average molecular weight is 254 g/mol. The third kappa shape index (κ3) is 2.42. The van der Waals surface area contributed by atoms with E-state index in [4.69, 9.17) is 4.74 Å². The predicted molar refractivity (Wildman–Crippen MR) is 73.2 cm³/mol. The van der Waals surface area contributed by atoms with Crippen molar-refractivity contribution in [1.82, 2.24) is 4.98 Å². The van der Waals surface area contributed by atoms with Gasteiger partial charge in [0, 0.05) is 25.1 Å². The fourth-order valence-corrected chi connectivity index (χ4v) is 2.16. The molecule has 1 aromatic carbocycles. The summed E-state index contributed by atoms with van der Waals surface area (Å²) in [5.41, 5.74) is 3.33. The number of pyridine rings is 1. The zero-order chi connectivity index (χ0) is 13.2. The highest BCUT2D eigenvalue weighted by molar-refractivity contribution is 5.87. The molecule has 0 atom stereocenters. The summed E-state index contributed by atoms with van der Waals surface area (Å²) in [6, 6.07) is 9.94. The van der Waals surface area contributed by atoms with Crippen molar-refractivity contribution in [2.45, 2.75) is 13.3 Å². The Labute approximate surface area is 111 Å². The molecule has 1 aliphatic heterocycles. The lowest BCUT2D eigenvalue weighted by Gasteiger charge is -2.06. The monoisotopic (exact) mass is 254 g/mol. The molecule has 0 aliphatic carbocycles. The quantitative estimate of drug-likeness (QED) is 0.896. The van der Waals surface area contributed by atoms with Crippen LogP contribution in [0, 0.1) is 0 Å². The van der Waals surface area contributed by atoms with E-state index in [1.807, 2.05) is 12.1 Å². The number of nitrogens with one attached hydrogen (secondary N) is 1. The number of hydrogen-bond acceptors (Lipinski definition) is 3. The largest absolute Gasteiger partial charge is 0.493 e. The molecule has 19 heavy (non-hydrogen) atoms. The number of aromatic nitrogens is 1. The van der Waals surface area contributed by atoms with E-state index in [-0.39, 0.29) is 5.91 Å². The van der Waals surface area contributed by atoms with Crippen LogP contribution in [0.15, 0.2) is 36.5 Å². The van der Waals surface area contributed by atoms with Gasteiger partial charge in [0.25, 0.3) is 0 Å². The first-order valence-corrected chi connectivity index (χ1v) is 6.22. The Morgan fingerprint density at radius 3 is 2.84 bits per heavy atom. The molecule has 3 rings (SSSR count). The summed E-state index contributed by atoms with van der Waals surface area (Å²) in [5, 5.41) is 2.65. The molecule has 0 unspecified atom stereocenters. The van der Waals surface area contributed by atoms with Crippen LogP contribution in [-0.2, 0) is 11.2 Å². The lowest BCUT2D eigenvalue weighted by Crippen LogP contribution is -2.06. The minimum Gasteiger partial charge on any atom is -0.493 e. The molecule has 0 fully saturated rings. The van der Waals surface area contributed by atoms with Gasteiger partial charge in [-0.3, -0.25) is 4.79 Å². The second kappa shape index (κ2) is 4.72. The smallest absolute Gasteiger partial charge is 0.222 e. The minimum absolute atomic E-state index is 0.119. The van der Waals surface area contributed by atoms with Crippen molar-refractivity contribution >= 4 is 11.7 Å². The molecule has 1 amide bonds. The van der Waals surface area contributed by atoms with Gasteiger partial charge in [0.1, 0.15) is 11.6 Å². The van der Waals surface area contributed by atoms with Crippen molar-refractivity contribution in [3.63, 3.8) is 0 Å². The average Bonchev–Trinajstić information content (AvgIpc) is 2.86. The Balaban J connectivity index is 1.88. The van der Waals surface area contributed by atoms with Crippen molar-refractivity contribution in [1.29, 1.82) is 0 Å². The molecule has 0 radical (unpaired) electrons. The number of carbonyl (C=O) groups excluding carboxylic acids is 1. The zero-order valence-electron chi connectivity index (χ0n) is 10.6. The lowest BCUT2D eigenvalue weighted by molar-refractivity contribution is -0.114. The summed E-state index contributed by atoms with van der Waals surface area (Å²) in [5.74, 6) is 1.41. The topological polar surface area (TPSA) is 51.2 Å². The molecule has 1 aliphatic rings. The number of carbonyl (C=O) groups is 1. The van der Waals surface area contributed by atoms with Crippen molar-refractivity contribution in [3.05, 3.63) is 42.1 Å². The summed E-state index contributed by atoms with van der Waals surface area (Å²) in [7, 11) is 0. The lowest BCUT2D eigenvalue weighted by atomic mass is 10.0. The summed E-state index contributed by atoms with van der Waals surface area (Å²) < 4.78 is 5.56. The van der Waals surface area contributed by atoms with Gasteiger partial charge in [-0.1, -0.05) is 12.1 Å². The SMILES string of the molecule is CC(=O)Nc1ccc(-c2ccc3c(c2)OCC3)cn1. The predicted octanol–water partition coefficient (Wildman–Crippen LogP) is 2.64. The van der Waals surface area contributed by atoms with Crippen LogP contribution in [0.25, 0.3) is 11.1 Å². The summed E-state index contributed by atoms with van der Waals surface area (Å²) in [6.07, 6.45) is 2.73. The third-order valence-electron chi connectivity index (χ3n) is 3.10. The molecule has 0 spiro atoms. The molecule has 2 heterocycles. The first-order valence-electron chi connectivity index (χ1n) is 6.22. The van der Waals surface area contributed by atoms with E-state index >= 15 is 0 Å². The molecular formula is C15H14N2O2. The van der Waals surface area contributed by atoms with Crippen LogP contribution < -0.4 is 10.1 Å². The molecule has 0 bridgehead atoms. The standard InChI is InChI=1S/C15H14N2O2/c1-10(18)17-15-5-4-13(9-16-15)12-3-2-11-6-7-19-14(11)8-12/h2-5,8-9H,6-7H2,1H3,(H,16,17,18). The second-order valence-electron chi connectivity index (χ2n) is 4.53. The summed E-state index contributed by atoms with van der Waals surface area (Å²) in [6.45, 7) is 2.23. The van der Waals surface area contributed by atoms with Crippen LogP contribution in [-0.4, -0.2) is 17.5 Å². The Hall–Kier alpha value is -2.36. The maximum absolute atomic E-state index is 10.9. The van der Waals surface area contributed by atoms with E-state index < -0.39 is 0 Å². The van der Waals surface area contributed by atoms with E-state index in [0.29, 0.717) is 5.82 Å². The number of anilines is 1. The highest BCUT2D eigenvalue weighted by Gasteiger charge is 2.12. The van der Waals surface area contributed by atoms with E-state index in [2.05, 4.69) is 22.4 Å². The molecule has 4 heteroatoms. The van der Waals surface area contributed by atoms with Gasteiger partial charge in [-0.25, -0.2) is 4.98 Å². The fraction of sp³-hybridized carbons (Fsp3) is 0.200. The number of amides is 1. The van der Waals surface area contributed by atoms with E-state index in [1.54, 1.807) is 12.3 Å². The van der Waals surface area contributed by atoms with E-state index in [0.717, 1.165) is 29.9 Å². The Morgan fingerprint density at radius 1 is 1.26 bits per heavy atom. The highest BCUT2D eigenvalue weighted by Crippen LogP contribution is 2.30. The van der Waals surface area contributed by atoms with Gasteiger partial charge in [0.2, 0.25) is 5.91 Å². The van der Waals surface area contributed by atoms with Crippen molar-refractivity contribution in [2.24, 2.45) is 0 Å². The van der Waals surface area contributed by atoms with Crippen molar-refractivity contribution < 1.29 is 9.53 Å². The normalized spacial score (nSPS) is 12.7. The molecule has 0 saturated carbocycles. The first kappa shape index (κ1) is 11.7. The number of benzene rings is 1. The van der Waals surface area contributed by atoms with E-state index in [9.17, 15) is 4.79 Å². The van der Waals surface area contributed by atoms with Gasteiger partial charge in [-0.15, -0.1) is 0 Å². The number of nitrogens with zero attached hydrogens (tertiary/aromatic N) is 1. The molecule has 1 N–H and O–H groups in total. The van der Waals surface area contributed by atoms with Crippen molar-refractivity contribution in [3.8, 4) is 16.9 Å². The maximum atomic E-state index is 10.9. The van der Waals surface area contributed by atoms with Gasteiger partial charge in [-0.05, 0) is 29.3 Å². The van der Waals surface area contributed by atoms with Crippen LogP contribution in [0.5, 0.6) is 5.75 Å². The Bertz CT molecular complexity index is 621. The fourth-order valence-electron chi connectivity index (χ4n) is 2.16. The number of rotatable bonds is 2. The van der Waals surface area contributed by atoms with Crippen LogP contribution >= 0.6 is 0 Å². The molecule has 1 aromatic heterocycles. The van der Waals surface area contributed by atoms with Gasteiger partial charge in [0.05, 0.1) is 6.61 Å². The zero-order valence-corrected chi connectivity index (χ0v) is 10.6. The Kier molecular flexibility index (Phi) is 2.91. The summed E-state index contributed by atoms with van der Waals surface area (Å²) in [4.78, 5) is 15.1. The first-order chi connectivity index (χ1) is 9.22. The van der Waals surface area contributed by atoms with Crippen LogP contribution in [0.4, 0.5) is 5.82 Å². The number of hydrogen-bond donors (Lipinski definition) is 1. The van der Waals surface area contributed by atoms with Gasteiger partial charge in [0.15, 0.2) is 0 Å². The second-order valence-corrected chi connectivity index (χ2v) is 4.53. The van der Waals surface area contributed by atoms with Crippen LogP contribution in [0.3, 0.4) is 0 Å². The molecule has 96 valence electrons. The number of ether oxygens (including phenoxy) is 1. The number of fused-ring (bicyclic) bond motifs is 1. The van der Waals surface area contributed by atoms with Gasteiger partial charge >= 0.3 is 0 Å². The third-order valence-corrected chi connectivity index (χ3v) is 3.10. The molecular weight excluding hydrogens is 240 g/mol. The van der Waals surface area contributed by atoms with Crippen molar-refractivity contribution in [2.75, 3.05) is 11.9 Å². The minimum atomic E-state index is -0.119. The molecule has 4 nitrogen and oxygen atoms in total. The highest BCUT2D eigenvalue weighted by atomic mass is 16.5.